The number of amides is 2. The third kappa shape index (κ3) is 7.16. The van der Waals surface area contributed by atoms with Gasteiger partial charge in [-0.2, -0.15) is 0 Å². The number of benzene rings is 3. The van der Waals surface area contributed by atoms with E-state index in [1.165, 1.54) is 69.7 Å². The number of nitrogens with one attached hydrogen (secondary N) is 1. The second-order valence-corrected chi connectivity index (χ2v) is 11.5. The van der Waals surface area contributed by atoms with E-state index in [0.717, 1.165) is 4.31 Å². The number of methoxy groups -OCH3 is 3. The molecule has 3 aromatic rings. The highest BCUT2D eigenvalue weighted by Crippen LogP contribution is 2.37. The Bertz CT molecular complexity index is 1520. The molecule has 0 heterocycles. The summed E-state index contributed by atoms with van der Waals surface area (Å²) in [5.74, 6) is -0.471. The standard InChI is InChI=1S/C28H31Cl2N3O7S/c1-18(28(35)31-2)32(16-19-8-6-7-9-22(19)30)27(34)17-33(23-14-20(29)10-12-24(23)38-3)41(36,37)21-11-13-25(39-4)26(15-21)40-5/h6-15,18H,16-17H2,1-5H3,(H,31,35). The molecule has 2 amide bonds. The van der Waals surface area contributed by atoms with Gasteiger partial charge in [-0.25, -0.2) is 8.42 Å². The molecular formula is C28H31Cl2N3O7S. The Morgan fingerprint density at radius 3 is 2.15 bits per heavy atom. The van der Waals surface area contributed by atoms with E-state index in [2.05, 4.69) is 5.32 Å². The van der Waals surface area contributed by atoms with Crippen LogP contribution in [0.5, 0.6) is 17.2 Å². The summed E-state index contributed by atoms with van der Waals surface area (Å²) in [4.78, 5) is 27.7. The first kappa shape index (κ1) is 31.9. The van der Waals surface area contributed by atoms with Gasteiger partial charge >= 0.3 is 0 Å². The molecule has 0 aliphatic carbocycles. The average molecular weight is 625 g/mol. The van der Waals surface area contributed by atoms with Crippen molar-refractivity contribution in [1.29, 1.82) is 0 Å². The van der Waals surface area contributed by atoms with E-state index in [0.29, 0.717) is 16.3 Å². The summed E-state index contributed by atoms with van der Waals surface area (Å²) in [6, 6.07) is 14.4. The van der Waals surface area contributed by atoms with E-state index in [1.807, 2.05) is 0 Å². The third-order valence-electron chi connectivity index (χ3n) is 6.34. The summed E-state index contributed by atoms with van der Waals surface area (Å²) < 4.78 is 45.2. The number of hydrogen-bond acceptors (Lipinski definition) is 7. The van der Waals surface area contributed by atoms with Crippen LogP contribution in [-0.4, -0.2) is 66.1 Å². The van der Waals surface area contributed by atoms with Gasteiger partial charge in [0.15, 0.2) is 11.5 Å². The van der Waals surface area contributed by atoms with Crippen LogP contribution in [0.4, 0.5) is 5.69 Å². The first-order chi connectivity index (χ1) is 19.5. The molecule has 0 aliphatic rings. The van der Waals surface area contributed by atoms with Crippen LogP contribution in [0, 0.1) is 0 Å². The zero-order valence-corrected chi connectivity index (χ0v) is 25.5. The zero-order valence-electron chi connectivity index (χ0n) is 23.2. The topological polar surface area (TPSA) is 114 Å². The zero-order chi connectivity index (χ0) is 30.3. The second kappa shape index (κ2) is 13.8. The van der Waals surface area contributed by atoms with Crippen LogP contribution >= 0.6 is 23.2 Å². The van der Waals surface area contributed by atoms with Gasteiger partial charge in [0.1, 0.15) is 18.3 Å². The van der Waals surface area contributed by atoms with Crippen molar-refractivity contribution >= 4 is 50.7 Å². The molecule has 0 aromatic heterocycles. The van der Waals surface area contributed by atoms with E-state index >= 15 is 0 Å². The number of carbonyl (C=O) groups is 2. The number of likely N-dealkylation sites (N-methyl/N-ethyl adjacent to an activating group) is 1. The van der Waals surface area contributed by atoms with Crippen molar-refractivity contribution in [3.8, 4) is 17.2 Å². The number of rotatable bonds is 12. The van der Waals surface area contributed by atoms with Gasteiger partial charge in [-0.1, -0.05) is 41.4 Å². The first-order valence-electron chi connectivity index (χ1n) is 12.3. The molecule has 0 fully saturated rings. The lowest BCUT2D eigenvalue weighted by atomic mass is 10.1. The minimum Gasteiger partial charge on any atom is -0.495 e. The van der Waals surface area contributed by atoms with Crippen molar-refractivity contribution in [1.82, 2.24) is 10.2 Å². The van der Waals surface area contributed by atoms with E-state index < -0.39 is 34.4 Å². The molecule has 0 radical (unpaired) electrons. The lowest BCUT2D eigenvalue weighted by Crippen LogP contribution is -2.50. The van der Waals surface area contributed by atoms with Crippen LogP contribution in [0.1, 0.15) is 12.5 Å². The summed E-state index contributed by atoms with van der Waals surface area (Å²) in [7, 11) is 1.18. The van der Waals surface area contributed by atoms with Crippen LogP contribution in [-0.2, 0) is 26.2 Å². The van der Waals surface area contributed by atoms with Crippen LogP contribution in [0.3, 0.4) is 0 Å². The Morgan fingerprint density at radius 1 is 0.902 bits per heavy atom. The molecule has 41 heavy (non-hydrogen) atoms. The molecule has 0 saturated carbocycles. The van der Waals surface area contributed by atoms with E-state index in [9.17, 15) is 18.0 Å². The van der Waals surface area contributed by atoms with Gasteiger partial charge in [0.05, 0.1) is 31.9 Å². The summed E-state index contributed by atoms with van der Waals surface area (Å²) in [5, 5.41) is 3.13. The van der Waals surface area contributed by atoms with E-state index in [1.54, 1.807) is 31.2 Å². The summed E-state index contributed by atoms with van der Waals surface area (Å²) in [6.07, 6.45) is 0. The van der Waals surface area contributed by atoms with E-state index in [-0.39, 0.29) is 33.6 Å². The maximum Gasteiger partial charge on any atom is 0.265 e. The maximum absolute atomic E-state index is 14.2. The highest BCUT2D eigenvalue weighted by molar-refractivity contribution is 7.92. The Balaban J connectivity index is 2.16. The molecule has 220 valence electrons. The van der Waals surface area contributed by atoms with Crippen molar-refractivity contribution in [3.63, 3.8) is 0 Å². The lowest BCUT2D eigenvalue weighted by molar-refractivity contribution is -0.139. The van der Waals surface area contributed by atoms with Gasteiger partial charge in [-0.15, -0.1) is 0 Å². The van der Waals surface area contributed by atoms with Gasteiger partial charge in [0.25, 0.3) is 10.0 Å². The molecular weight excluding hydrogens is 593 g/mol. The molecule has 0 spiro atoms. The predicted octanol–water partition coefficient (Wildman–Crippen LogP) is 4.38. The Morgan fingerprint density at radius 2 is 1.54 bits per heavy atom. The fraction of sp³-hybridized carbons (Fsp3) is 0.286. The fourth-order valence-corrected chi connectivity index (χ4v) is 5.87. The normalized spacial score (nSPS) is 11.8. The van der Waals surface area contributed by atoms with Crippen molar-refractivity contribution in [2.45, 2.75) is 24.4 Å². The van der Waals surface area contributed by atoms with E-state index in [4.69, 9.17) is 37.4 Å². The highest BCUT2D eigenvalue weighted by atomic mass is 35.5. The van der Waals surface area contributed by atoms with Crippen molar-refractivity contribution in [2.24, 2.45) is 0 Å². The number of anilines is 1. The molecule has 1 N–H and O–H groups in total. The van der Waals surface area contributed by atoms with Crippen molar-refractivity contribution in [3.05, 3.63) is 76.3 Å². The molecule has 10 nitrogen and oxygen atoms in total. The van der Waals surface area contributed by atoms with Gasteiger partial charge in [-0.05, 0) is 48.9 Å². The molecule has 3 rings (SSSR count). The average Bonchev–Trinajstić information content (AvgIpc) is 2.97. The summed E-state index contributed by atoms with van der Waals surface area (Å²) in [5.41, 5.74) is 0.598. The van der Waals surface area contributed by atoms with Crippen LogP contribution in [0.15, 0.2) is 65.6 Å². The van der Waals surface area contributed by atoms with Gasteiger partial charge < -0.3 is 24.4 Å². The fourth-order valence-electron chi connectivity index (χ4n) is 4.08. The Labute approximate surface area is 249 Å². The Hall–Kier alpha value is -3.67. The van der Waals surface area contributed by atoms with Crippen LogP contribution in [0.25, 0.3) is 0 Å². The smallest absolute Gasteiger partial charge is 0.265 e. The molecule has 13 heteroatoms. The van der Waals surface area contributed by atoms with Crippen LogP contribution < -0.4 is 23.8 Å². The minimum atomic E-state index is -4.44. The second-order valence-electron chi connectivity index (χ2n) is 8.75. The Kier molecular flexibility index (Phi) is 10.7. The number of ether oxygens (including phenoxy) is 3. The summed E-state index contributed by atoms with van der Waals surface area (Å²) in [6.45, 7) is 0.796. The highest BCUT2D eigenvalue weighted by Gasteiger charge is 2.34. The molecule has 1 atom stereocenters. The largest absolute Gasteiger partial charge is 0.495 e. The lowest BCUT2D eigenvalue weighted by Gasteiger charge is -2.32. The van der Waals surface area contributed by atoms with Gasteiger partial charge in [-0.3, -0.25) is 13.9 Å². The van der Waals surface area contributed by atoms with Crippen molar-refractivity contribution in [2.75, 3.05) is 39.2 Å². The number of carbonyl (C=O) groups excluding carboxylic acids is 2. The monoisotopic (exact) mass is 623 g/mol. The number of nitrogens with zero attached hydrogens (tertiary/aromatic N) is 2. The summed E-state index contributed by atoms with van der Waals surface area (Å²) >= 11 is 12.6. The number of hydrogen-bond donors (Lipinski definition) is 1. The molecule has 1 unspecified atom stereocenters. The first-order valence-corrected chi connectivity index (χ1v) is 14.5. The maximum atomic E-state index is 14.2. The van der Waals surface area contributed by atoms with Crippen LogP contribution in [0.2, 0.25) is 10.0 Å². The predicted molar refractivity (Wildman–Crippen MR) is 158 cm³/mol. The molecule has 0 bridgehead atoms. The molecule has 0 aliphatic heterocycles. The SMILES string of the molecule is CNC(=O)C(C)N(Cc1ccccc1Cl)C(=O)CN(c1cc(Cl)ccc1OC)S(=O)(=O)c1ccc(OC)c(OC)c1. The molecule has 3 aromatic carbocycles. The number of halogens is 2. The molecule has 0 saturated heterocycles. The van der Waals surface area contributed by atoms with Gasteiger partial charge in [0.2, 0.25) is 11.8 Å². The van der Waals surface area contributed by atoms with Crippen molar-refractivity contribution < 1.29 is 32.2 Å². The third-order valence-corrected chi connectivity index (χ3v) is 8.70. The van der Waals surface area contributed by atoms with Gasteiger partial charge in [0, 0.05) is 29.7 Å². The quantitative estimate of drug-likeness (QED) is 0.318. The minimum absolute atomic E-state index is 0.0217. The number of sulfonamides is 1.